The largest absolute Gasteiger partial charge is 0.379 e. The molecule has 8 heteroatoms. The molecule has 1 amide bonds. The number of anilines is 1. The van der Waals surface area contributed by atoms with E-state index < -0.39 is 0 Å². The van der Waals surface area contributed by atoms with Crippen LogP contribution >= 0.6 is 22.7 Å². The van der Waals surface area contributed by atoms with E-state index in [1.807, 2.05) is 41.9 Å². The van der Waals surface area contributed by atoms with E-state index in [-0.39, 0.29) is 5.91 Å². The minimum atomic E-state index is -0.176. The molecule has 27 heavy (non-hydrogen) atoms. The summed E-state index contributed by atoms with van der Waals surface area (Å²) in [6.45, 7) is 6.01. The number of thiazole rings is 1. The Morgan fingerprint density at radius 3 is 2.81 bits per heavy atom. The molecule has 3 aromatic rings. The molecule has 4 heterocycles. The number of ether oxygens (including phenoxy) is 1. The van der Waals surface area contributed by atoms with E-state index in [2.05, 4.69) is 20.2 Å². The van der Waals surface area contributed by atoms with Crippen LogP contribution in [0.5, 0.6) is 0 Å². The summed E-state index contributed by atoms with van der Waals surface area (Å²) < 4.78 is 5.37. The molecule has 1 aliphatic rings. The van der Waals surface area contributed by atoms with Crippen LogP contribution in [0.3, 0.4) is 0 Å². The molecule has 1 saturated heterocycles. The number of carbonyl (C=O) groups excluding carboxylic acids is 1. The van der Waals surface area contributed by atoms with Crippen molar-refractivity contribution >= 4 is 33.7 Å². The van der Waals surface area contributed by atoms with Crippen molar-refractivity contribution in [3.8, 4) is 10.6 Å². The molecule has 1 aliphatic heterocycles. The maximum absolute atomic E-state index is 12.6. The van der Waals surface area contributed by atoms with Crippen LogP contribution in [0, 0.1) is 6.92 Å². The summed E-state index contributed by atoms with van der Waals surface area (Å²) in [6.07, 6.45) is 0. The molecular formula is C19H20N4O2S2. The Labute approximate surface area is 165 Å². The molecule has 140 valence electrons. The number of morpholine rings is 1. The first kappa shape index (κ1) is 18.2. The number of nitrogens with one attached hydrogen (secondary N) is 1. The fraction of sp³-hybridized carbons (Fsp3) is 0.316. The second-order valence-electron chi connectivity index (χ2n) is 6.29. The molecule has 3 aromatic heterocycles. The van der Waals surface area contributed by atoms with Crippen molar-refractivity contribution in [2.24, 2.45) is 0 Å². The third-order valence-electron chi connectivity index (χ3n) is 4.37. The van der Waals surface area contributed by atoms with Crippen LogP contribution in [-0.4, -0.2) is 47.1 Å². The minimum absolute atomic E-state index is 0.176. The maximum Gasteiger partial charge on any atom is 0.259 e. The molecule has 0 bridgehead atoms. The number of amides is 1. The van der Waals surface area contributed by atoms with Crippen molar-refractivity contribution in [2.75, 3.05) is 31.6 Å². The lowest BCUT2D eigenvalue weighted by Crippen LogP contribution is -2.35. The number of aryl methyl sites for hydroxylation is 1. The second-order valence-corrected chi connectivity index (χ2v) is 8.10. The van der Waals surface area contributed by atoms with Gasteiger partial charge < -0.3 is 4.74 Å². The van der Waals surface area contributed by atoms with Crippen molar-refractivity contribution < 1.29 is 9.53 Å². The Balaban J connectivity index is 1.41. The Kier molecular flexibility index (Phi) is 5.58. The first-order valence-corrected chi connectivity index (χ1v) is 10.5. The predicted molar refractivity (Wildman–Crippen MR) is 108 cm³/mol. The highest BCUT2D eigenvalue weighted by atomic mass is 32.1. The van der Waals surface area contributed by atoms with E-state index in [1.165, 1.54) is 11.3 Å². The molecule has 6 nitrogen and oxygen atoms in total. The quantitative estimate of drug-likeness (QED) is 0.708. The first-order valence-electron chi connectivity index (χ1n) is 8.76. The number of carbonyl (C=O) groups is 1. The van der Waals surface area contributed by atoms with E-state index in [4.69, 9.17) is 4.74 Å². The average molecular weight is 401 g/mol. The zero-order chi connectivity index (χ0) is 18.6. The Morgan fingerprint density at radius 2 is 2.07 bits per heavy atom. The van der Waals surface area contributed by atoms with E-state index in [0.29, 0.717) is 16.4 Å². The second kappa shape index (κ2) is 8.26. The van der Waals surface area contributed by atoms with Gasteiger partial charge in [-0.3, -0.25) is 20.0 Å². The molecule has 4 rings (SSSR count). The highest BCUT2D eigenvalue weighted by Crippen LogP contribution is 2.24. The summed E-state index contributed by atoms with van der Waals surface area (Å²) in [4.78, 5) is 25.1. The fourth-order valence-electron chi connectivity index (χ4n) is 2.95. The van der Waals surface area contributed by atoms with Gasteiger partial charge in [0.15, 0.2) is 5.13 Å². The van der Waals surface area contributed by atoms with Gasteiger partial charge in [-0.1, -0.05) is 6.07 Å². The average Bonchev–Trinajstić information content (AvgIpc) is 3.35. The molecule has 0 atom stereocenters. The topological polar surface area (TPSA) is 67.4 Å². The molecule has 0 radical (unpaired) electrons. The summed E-state index contributed by atoms with van der Waals surface area (Å²) in [5.74, 6) is -0.176. The van der Waals surface area contributed by atoms with Crippen molar-refractivity contribution in [2.45, 2.75) is 13.5 Å². The van der Waals surface area contributed by atoms with E-state index in [9.17, 15) is 4.79 Å². The Bertz CT molecular complexity index is 918. The standard InChI is InChI=1S/C19H20N4O2S2/c1-13-15(4-5-16(20-13)17-3-2-10-26-17)18(24)22-19-21-14(12-27-19)11-23-6-8-25-9-7-23/h2-5,10,12H,6-9,11H2,1H3,(H,21,22,24). The summed E-state index contributed by atoms with van der Waals surface area (Å²) >= 11 is 3.08. The van der Waals surface area contributed by atoms with Gasteiger partial charge in [-0.25, -0.2) is 4.98 Å². The monoisotopic (exact) mass is 400 g/mol. The van der Waals surface area contributed by atoms with Gasteiger partial charge in [0.2, 0.25) is 0 Å². The van der Waals surface area contributed by atoms with E-state index in [1.54, 1.807) is 11.3 Å². The number of pyridine rings is 1. The number of hydrogen-bond acceptors (Lipinski definition) is 7. The van der Waals surface area contributed by atoms with Crippen LogP contribution in [0.4, 0.5) is 5.13 Å². The van der Waals surface area contributed by atoms with Crippen molar-refractivity contribution in [1.82, 2.24) is 14.9 Å². The Morgan fingerprint density at radius 1 is 1.22 bits per heavy atom. The van der Waals surface area contributed by atoms with E-state index >= 15 is 0 Å². The molecule has 0 aromatic carbocycles. The van der Waals surface area contributed by atoms with Crippen LogP contribution in [-0.2, 0) is 11.3 Å². The minimum Gasteiger partial charge on any atom is -0.379 e. The smallest absolute Gasteiger partial charge is 0.259 e. The van der Waals surface area contributed by atoms with Crippen LogP contribution < -0.4 is 5.32 Å². The lowest BCUT2D eigenvalue weighted by atomic mass is 10.1. The van der Waals surface area contributed by atoms with Gasteiger partial charge in [-0.05, 0) is 30.5 Å². The summed E-state index contributed by atoms with van der Waals surface area (Å²) in [6, 6.07) is 7.74. The normalized spacial score (nSPS) is 15.0. The molecule has 1 fully saturated rings. The zero-order valence-electron chi connectivity index (χ0n) is 15.0. The Hall–Kier alpha value is -2.13. The van der Waals surface area contributed by atoms with Gasteiger partial charge in [0.05, 0.1) is 40.7 Å². The van der Waals surface area contributed by atoms with Gasteiger partial charge in [0.1, 0.15) is 0 Å². The van der Waals surface area contributed by atoms with Crippen molar-refractivity contribution in [3.05, 3.63) is 52.0 Å². The first-order chi connectivity index (χ1) is 13.2. The summed E-state index contributed by atoms with van der Waals surface area (Å²) in [5.41, 5.74) is 3.14. The van der Waals surface area contributed by atoms with Crippen LogP contribution in [0.15, 0.2) is 35.0 Å². The third kappa shape index (κ3) is 4.41. The van der Waals surface area contributed by atoms with Crippen molar-refractivity contribution in [1.29, 1.82) is 0 Å². The molecule has 0 aliphatic carbocycles. The van der Waals surface area contributed by atoms with Crippen molar-refractivity contribution in [3.63, 3.8) is 0 Å². The number of hydrogen-bond donors (Lipinski definition) is 1. The third-order valence-corrected chi connectivity index (χ3v) is 6.06. The molecule has 0 unspecified atom stereocenters. The SMILES string of the molecule is Cc1nc(-c2cccs2)ccc1C(=O)Nc1nc(CN2CCOCC2)cs1. The van der Waals surface area contributed by atoms with Crippen LogP contribution in [0.25, 0.3) is 10.6 Å². The van der Waals surface area contributed by atoms with Gasteiger partial charge in [-0.15, -0.1) is 22.7 Å². The lowest BCUT2D eigenvalue weighted by molar-refractivity contribution is 0.0337. The summed E-state index contributed by atoms with van der Waals surface area (Å²) in [7, 11) is 0. The number of aromatic nitrogens is 2. The van der Waals surface area contributed by atoms with Gasteiger partial charge >= 0.3 is 0 Å². The molecule has 0 spiro atoms. The predicted octanol–water partition coefficient (Wildman–Crippen LogP) is 3.66. The number of nitrogens with zero attached hydrogens (tertiary/aromatic N) is 3. The van der Waals surface area contributed by atoms with Gasteiger partial charge in [0.25, 0.3) is 5.91 Å². The molecular weight excluding hydrogens is 380 g/mol. The van der Waals surface area contributed by atoms with Crippen LogP contribution in [0.1, 0.15) is 21.7 Å². The maximum atomic E-state index is 12.6. The highest BCUT2D eigenvalue weighted by Gasteiger charge is 2.16. The molecule has 1 N–H and O–H groups in total. The number of rotatable bonds is 5. The van der Waals surface area contributed by atoms with Crippen LogP contribution in [0.2, 0.25) is 0 Å². The van der Waals surface area contributed by atoms with E-state index in [0.717, 1.165) is 49.1 Å². The van der Waals surface area contributed by atoms with Gasteiger partial charge in [0, 0.05) is 25.0 Å². The summed E-state index contributed by atoms with van der Waals surface area (Å²) in [5, 5.41) is 7.53. The molecule has 0 saturated carbocycles. The lowest BCUT2D eigenvalue weighted by Gasteiger charge is -2.25. The van der Waals surface area contributed by atoms with Gasteiger partial charge in [-0.2, -0.15) is 0 Å². The number of thiophene rings is 1. The fourth-order valence-corrected chi connectivity index (χ4v) is 4.34. The highest BCUT2D eigenvalue weighted by molar-refractivity contribution is 7.14. The zero-order valence-corrected chi connectivity index (χ0v) is 16.6.